The molecule has 0 saturated heterocycles. The van der Waals surface area contributed by atoms with E-state index in [0.29, 0.717) is 11.5 Å². The van der Waals surface area contributed by atoms with Crippen molar-refractivity contribution >= 4 is 5.69 Å². The first-order valence-electron chi connectivity index (χ1n) is 6.15. The Morgan fingerprint density at radius 2 is 1.62 bits per heavy atom. The van der Waals surface area contributed by atoms with Crippen molar-refractivity contribution in [3.8, 4) is 11.5 Å². The van der Waals surface area contributed by atoms with Crippen LogP contribution in [0.25, 0.3) is 0 Å². The van der Waals surface area contributed by atoms with E-state index in [0.717, 1.165) is 17.7 Å². The average molecular weight is 297 g/mol. The number of methoxy groups -OCH3 is 2. The molecule has 0 aliphatic rings. The van der Waals surface area contributed by atoms with Crippen LogP contribution in [0.1, 0.15) is 5.56 Å². The molecule has 0 unspecified atom stereocenters. The van der Waals surface area contributed by atoms with Gasteiger partial charge in [-0.15, -0.1) is 0 Å². The van der Waals surface area contributed by atoms with E-state index >= 15 is 0 Å². The zero-order chi connectivity index (χ0) is 15.4. The summed E-state index contributed by atoms with van der Waals surface area (Å²) in [6.07, 6.45) is 0. The van der Waals surface area contributed by atoms with Crippen LogP contribution in [0, 0.1) is 17.5 Å². The number of ether oxygens (including phenoxy) is 2. The lowest BCUT2D eigenvalue weighted by Gasteiger charge is -2.11. The molecule has 0 heterocycles. The van der Waals surface area contributed by atoms with Gasteiger partial charge < -0.3 is 14.8 Å². The first-order chi connectivity index (χ1) is 10.1. The number of anilines is 1. The largest absolute Gasteiger partial charge is 0.493 e. The van der Waals surface area contributed by atoms with Crippen LogP contribution in [-0.4, -0.2) is 14.2 Å². The van der Waals surface area contributed by atoms with Crippen molar-refractivity contribution in [2.75, 3.05) is 19.5 Å². The van der Waals surface area contributed by atoms with Crippen molar-refractivity contribution in [3.05, 3.63) is 53.3 Å². The molecule has 6 heteroatoms. The van der Waals surface area contributed by atoms with E-state index in [-0.39, 0.29) is 12.2 Å². The molecule has 0 saturated carbocycles. The molecule has 2 aromatic rings. The Morgan fingerprint density at radius 1 is 0.905 bits per heavy atom. The molecule has 21 heavy (non-hydrogen) atoms. The van der Waals surface area contributed by atoms with Gasteiger partial charge in [0.05, 0.1) is 19.9 Å². The molecule has 0 aromatic heterocycles. The molecule has 0 atom stereocenters. The summed E-state index contributed by atoms with van der Waals surface area (Å²) >= 11 is 0. The smallest absolute Gasteiger partial charge is 0.196 e. The van der Waals surface area contributed by atoms with Crippen LogP contribution in [-0.2, 0) is 6.54 Å². The third-order valence-electron chi connectivity index (χ3n) is 2.97. The summed E-state index contributed by atoms with van der Waals surface area (Å²) in [7, 11) is 3.02. The Hall–Kier alpha value is -2.37. The number of rotatable bonds is 5. The number of halogens is 3. The van der Waals surface area contributed by atoms with Gasteiger partial charge in [-0.05, 0) is 29.8 Å². The summed E-state index contributed by atoms with van der Waals surface area (Å²) in [5.74, 6) is -2.85. The van der Waals surface area contributed by atoms with Crippen LogP contribution in [0.2, 0.25) is 0 Å². The average Bonchev–Trinajstić information content (AvgIpc) is 2.51. The Bertz CT molecular complexity index is 647. The SMILES string of the molecule is COc1ccc(CNc2ccc(F)c(F)c2F)cc1OC. The third kappa shape index (κ3) is 3.21. The van der Waals surface area contributed by atoms with Gasteiger partial charge in [0.1, 0.15) is 0 Å². The van der Waals surface area contributed by atoms with E-state index in [1.165, 1.54) is 14.2 Å². The topological polar surface area (TPSA) is 30.5 Å². The van der Waals surface area contributed by atoms with Crippen molar-refractivity contribution in [2.45, 2.75) is 6.54 Å². The second-order valence-electron chi connectivity index (χ2n) is 4.27. The highest BCUT2D eigenvalue weighted by molar-refractivity contribution is 5.48. The Kier molecular flexibility index (Phi) is 4.57. The van der Waals surface area contributed by atoms with E-state index in [9.17, 15) is 13.2 Å². The van der Waals surface area contributed by atoms with Gasteiger partial charge in [0, 0.05) is 6.54 Å². The van der Waals surface area contributed by atoms with Gasteiger partial charge in [-0.2, -0.15) is 0 Å². The van der Waals surface area contributed by atoms with Crippen molar-refractivity contribution < 1.29 is 22.6 Å². The highest BCUT2D eigenvalue weighted by Crippen LogP contribution is 2.28. The van der Waals surface area contributed by atoms with Gasteiger partial charge in [0.2, 0.25) is 0 Å². The number of hydrogen-bond donors (Lipinski definition) is 1. The van der Waals surface area contributed by atoms with Crippen molar-refractivity contribution in [1.82, 2.24) is 0 Å². The zero-order valence-electron chi connectivity index (χ0n) is 11.5. The summed E-state index contributed by atoms with van der Waals surface area (Å²) in [6, 6.07) is 7.19. The van der Waals surface area contributed by atoms with E-state index in [1.54, 1.807) is 18.2 Å². The van der Waals surface area contributed by atoms with Gasteiger partial charge in [0.15, 0.2) is 29.0 Å². The molecule has 2 aromatic carbocycles. The van der Waals surface area contributed by atoms with Crippen LogP contribution >= 0.6 is 0 Å². The number of hydrogen-bond acceptors (Lipinski definition) is 3. The van der Waals surface area contributed by atoms with Crippen molar-refractivity contribution in [1.29, 1.82) is 0 Å². The number of benzene rings is 2. The summed E-state index contributed by atoms with van der Waals surface area (Å²) < 4.78 is 49.7. The standard InChI is InChI=1S/C15H14F3NO2/c1-20-12-6-3-9(7-13(12)21-2)8-19-11-5-4-10(16)14(17)15(11)18/h3-7,19H,8H2,1-2H3. The van der Waals surface area contributed by atoms with Crippen LogP contribution in [0.4, 0.5) is 18.9 Å². The molecular formula is C15H14F3NO2. The van der Waals surface area contributed by atoms with E-state index in [4.69, 9.17) is 9.47 Å². The lowest BCUT2D eigenvalue weighted by molar-refractivity contribution is 0.354. The second kappa shape index (κ2) is 6.39. The third-order valence-corrected chi connectivity index (χ3v) is 2.97. The molecule has 3 nitrogen and oxygen atoms in total. The maximum absolute atomic E-state index is 13.5. The summed E-state index contributed by atoms with van der Waals surface area (Å²) in [4.78, 5) is 0. The minimum atomic E-state index is -1.49. The lowest BCUT2D eigenvalue weighted by atomic mass is 10.2. The first-order valence-corrected chi connectivity index (χ1v) is 6.15. The summed E-state index contributed by atoms with van der Waals surface area (Å²) in [5, 5.41) is 2.71. The predicted octanol–water partition coefficient (Wildman–Crippen LogP) is 3.73. The van der Waals surface area contributed by atoms with E-state index < -0.39 is 17.5 Å². The molecule has 0 spiro atoms. The lowest BCUT2D eigenvalue weighted by Crippen LogP contribution is -2.04. The normalized spacial score (nSPS) is 10.3. The van der Waals surface area contributed by atoms with Gasteiger partial charge in [-0.3, -0.25) is 0 Å². The van der Waals surface area contributed by atoms with Crippen molar-refractivity contribution in [2.24, 2.45) is 0 Å². The van der Waals surface area contributed by atoms with Gasteiger partial charge in [-0.25, -0.2) is 13.2 Å². The van der Waals surface area contributed by atoms with Gasteiger partial charge in [0.25, 0.3) is 0 Å². The molecule has 0 amide bonds. The fraction of sp³-hybridized carbons (Fsp3) is 0.200. The van der Waals surface area contributed by atoms with E-state index in [1.807, 2.05) is 0 Å². The maximum atomic E-state index is 13.5. The Balaban J connectivity index is 2.15. The fourth-order valence-corrected chi connectivity index (χ4v) is 1.85. The van der Waals surface area contributed by atoms with Gasteiger partial charge in [-0.1, -0.05) is 6.07 Å². The highest BCUT2D eigenvalue weighted by atomic mass is 19.2. The maximum Gasteiger partial charge on any atom is 0.196 e. The van der Waals surface area contributed by atoms with Gasteiger partial charge >= 0.3 is 0 Å². The van der Waals surface area contributed by atoms with Crippen LogP contribution < -0.4 is 14.8 Å². The molecule has 0 aliphatic carbocycles. The summed E-state index contributed by atoms with van der Waals surface area (Å²) in [6.45, 7) is 0.225. The molecular weight excluding hydrogens is 283 g/mol. The predicted molar refractivity (Wildman–Crippen MR) is 73.2 cm³/mol. The molecule has 0 fully saturated rings. The monoisotopic (exact) mass is 297 g/mol. The molecule has 0 radical (unpaired) electrons. The highest BCUT2D eigenvalue weighted by Gasteiger charge is 2.13. The zero-order valence-corrected chi connectivity index (χ0v) is 11.5. The fourth-order valence-electron chi connectivity index (χ4n) is 1.85. The second-order valence-corrected chi connectivity index (χ2v) is 4.27. The van der Waals surface area contributed by atoms with E-state index in [2.05, 4.69) is 5.32 Å². The van der Waals surface area contributed by atoms with Crippen LogP contribution in [0.5, 0.6) is 11.5 Å². The molecule has 2 rings (SSSR count). The minimum absolute atomic E-state index is 0.108. The molecule has 112 valence electrons. The molecule has 0 aliphatic heterocycles. The number of nitrogens with one attached hydrogen (secondary N) is 1. The van der Waals surface area contributed by atoms with Crippen LogP contribution in [0.15, 0.2) is 30.3 Å². The molecule has 1 N–H and O–H groups in total. The minimum Gasteiger partial charge on any atom is -0.493 e. The quantitative estimate of drug-likeness (QED) is 0.853. The summed E-state index contributed by atoms with van der Waals surface area (Å²) in [5.41, 5.74) is 0.667. The Morgan fingerprint density at radius 3 is 2.29 bits per heavy atom. The first kappa shape index (κ1) is 15.0. The van der Waals surface area contributed by atoms with Crippen molar-refractivity contribution in [3.63, 3.8) is 0 Å². The molecule has 0 bridgehead atoms. The Labute approximate surface area is 120 Å². The van der Waals surface area contributed by atoms with Crippen LogP contribution in [0.3, 0.4) is 0 Å².